The van der Waals surface area contributed by atoms with Gasteiger partial charge in [0.2, 0.25) is 0 Å². The Hall–Kier alpha value is -2.07. The number of aromatic nitrogens is 2. The molecule has 0 saturated carbocycles. The van der Waals surface area contributed by atoms with E-state index in [0.717, 1.165) is 22.0 Å². The summed E-state index contributed by atoms with van der Waals surface area (Å²) in [6, 6.07) is 8.05. The van der Waals surface area contributed by atoms with Gasteiger partial charge in [-0.15, -0.1) is 0 Å². The number of hydrogen-bond acceptors (Lipinski definition) is 3. The molecule has 0 aliphatic carbocycles. The fourth-order valence-corrected chi connectivity index (χ4v) is 2.25. The van der Waals surface area contributed by atoms with E-state index in [2.05, 4.69) is 5.10 Å². The minimum atomic E-state index is -0.675. The van der Waals surface area contributed by atoms with Crippen LogP contribution in [-0.4, -0.2) is 20.5 Å². The van der Waals surface area contributed by atoms with Crippen LogP contribution < -0.4 is 0 Å². The van der Waals surface area contributed by atoms with Gasteiger partial charge >= 0.3 is 0 Å². The third-order valence-electron chi connectivity index (χ3n) is 3.37. The van der Waals surface area contributed by atoms with Gasteiger partial charge in [0.05, 0.1) is 18.1 Å². The highest BCUT2D eigenvalue weighted by Gasteiger charge is 2.14. The Morgan fingerprint density at radius 1 is 1.30 bits per heavy atom. The van der Waals surface area contributed by atoms with Gasteiger partial charge in [0.1, 0.15) is 5.52 Å². The zero-order valence-corrected chi connectivity index (χ0v) is 11.7. The van der Waals surface area contributed by atoms with Crippen molar-refractivity contribution in [1.29, 1.82) is 0 Å². The van der Waals surface area contributed by atoms with Gasteiger partial charge in [0.15, 0.2) is 0 Å². The number of rotatable bonds is 4. The SMILES string of the molecule is CC(C)(O)CCn1cc2cccc(-c3ccoc3)c2n1. The first-order chi connectivity index (χ1) is 9.53. The van der Waals surface area contributed by atoms with Crippen molar-refractivity contribution < 1.29 is 9.52 Å². The molecule has 2 aromatic heterocycles. The maximum absolute atomic E-state index is 9.81. The van der Waals surface area contributed by atoms with Gasteiger partial charge in [-0.25, -0.2) is 0 Å². The first-order valence-electron chi connectivity index (χ1n) is 6.74. The summed E-state index contributed by atoms with van der Waals surface area (Å²) in [6.45, 7) is 4.32. The first-order valence-corrected chi connectivity index (χ1v) is 6.74. The Balaban J connectivity index is 1.97. The summed E-state index contributed by atoms with van der Waals surface area (Å²) in [5.41, 5.74) is 2.39. The highest BCUT2D eigenvalue weighted by molar-refractivity contribution is 5.93. The van der Waals surface area contributed by atoms with Gasteiger partial charge in [-0.2, -0.15) is 5.10 Å². The third kappa shape index (κ3) is 2.60. The Morgan fingerprint density at radius 3 is 2.85 bits per heavy atom. The average Bonchev–Trinajstić information content (AvgIpc) is 3.03. The molecule has 2 heterocycles. The maximum Gasteiger partial charge on any atom is 0.100 e. The van der Waals surface area contributed by atoms with E-state index in [4.69, 9.17) is 4.42 Å². The number of aryl methyl sites for hydroxylation is 1. The summed E-state index contributed by atoms with van der Waals surface area (Å²) in [5.74, 6) is 0. The zero-order chi connectivity index (χ0) is 14.2. The molecule has 0 unspecified atom stereocenters. The second-order valence-corrected chi connectivity index (χ2v) is 5.71. The summed E-state index contributed by atoms with van der Waals surface area (Å²) in [6.07, 6.45) is 6.08. The fraction of sp³-hybridized carbons (Fsp3) is 0.312. The summed E-state index contributed by atoms with van der Waals surface area (Å²) in [5, 5.41) is 15.5. The predicted octanol–water partition coefficient (Wildman–Crippen LogP) is 3.46. The van der Waals surface area contributed by atoms with Crippen LogP contribution in [0.3, 0.4) is 0 Å². The Kier molecular flexibility index (Phi) is 3.10. The van der Waals surface area contributed by atoms with Crippen molar-refractivity contribution in [2.45, 2.75) is 32.4 Å². The molecule has 0 atom stereocenters. The van der Waals surface area contributed by atoms with Gasteiger partial charge < -0.3 is 9.52 Å². The quantitative estimate of drug-likeness (QED) is 0.790. The van der Waals surface area contributed by atoms with Gasteiger partial charge in [-0.05, 0) is 26.3 Å². The molecule has 1 N–H and O–H groups in total. The monoisotopic (exact) mass is 270 g/mol. The van der Waals surface area contributed by atoms with Crippen LogP contribution in [-0.2, 0) is 6.54 Å². The van der Waals surface area contributed by atoms with Crippen LogP contribution in [0.25, 0.3) is 22.0 Å². The van der Waals surface area contributed by atoms with E-state index >= 15 is 0 Å². The number of furan rings is 1. The molecule has 3 rings (SSSR count). The highest BCUT2D eigenvalue weighted by Crippen LogP contribution is 2.27. The first kappa shape index (κ1) is 12.9. The molecule has 0 bridgehead atoms. The van der Waals surface area contributed by atoms with Crippen LogP contribution in [0.5, 0.6) is 0 Å². The van der Waals surface area contributed by atoms with Crippen LogP contribution in [0, 0.1) is 0 Å². The van der Waals surface area contributed by atoms with Crippen molar-refractivity contribution in [1.82, 2.24) is 9.78 Å². The van der Waals surface area contributed by atoms with Crippen LogP contribution in [0.1, 0.15) is 20.3 Å². The highest BCUT2D eigenvalue weighted by atomic mass is 16.3. The van der Waals surface area contributed by atoms with E-state index in [1.807, 2.05) is 49.0 Å². The minimum absolute atomic E-state index is 0.669. The van der Waals surface area contributed by atoms with E-state index in [9.17, 15) is 5.11 Å². The number of nitrogens with zero attached hydrogens (tertiary/aromatic N) is 2. The smallest absolute Gasteiger partial charge is 0.100 e. The molecule has 3 aromatic rings. The Morgan fingerprint density at radius 2 is 2.15 bits per heavy atom. The summed E-state index contributed by atoms with van der Waals surface area (Å²) < 4.78 is 7.04. The zero-order valence-electron chi connectivity index (χ0n) is 11.7. The second kappa shape index (κ2) is 4.80. The molecule has 4 nitrogen and oxygen atoms in total. The molecule has 0 aliphatic rings. The number of aliphatic hydroxyl groups is 1. The topological polar surface area (TPSA) is 51.2 Å². The van der Waals surface area contributed by atoms with Crippen molar-refractivity contribution in [3.05, 3.63) is 43.0 Å². The van der Waals surface area contributed by atoms with E-state index < -0.39 is 5.60 Å². The number of benzene rings is 1. The van der Waals surface area contributed by atoms with E-state index in [-0.39, 0.29) is 0 Å². The van der Waals surface area contributed by atoms with Gasteiger partial charge in [0, 0.05) is 29.3 Å². The van der Waals surface area contributed by atoms with Gasteiger partial charge in [-0.1, -0.05) is 18.2 Å². The van der Waals surface area contributed by atoms with Crippen LogP contribution in [0.15, 0.2) is 47.4 Å². The average molecular weight is 270 g/mol. The van der Waals surface area contributed by atoms with Crippen LogP contribution >= 0.6 is 0 Å². The van der Waals surface area contributed by atoms with Crippen molar-refractivity contribution in [2.24, 2.45) is 0 Å². The molecule has 0 aliphatic heterocycles. The molecule has 0 spiro atoms. The Bertz CT molecular complexity index is 706. The molecule has 0 fully saturated rings. The molecule has 104 valence electrons. The molecule has 1 aromatic carbocycles. The normalized spacial score (nSPS) is 12.2. The standard InChI is InChI=1S/C16H18N2O2/c1-16(2,19)7-8-18-10-12-4-3-5-14(15(12)17-18)13-6-9-20-11-13/h3-6,9-11,19H,7-8H2,1-2H3. The summed E-state index contributed by atoms with van der Waals surface area (Å²) >= 11 is 0. The van der Waals surface area contributed by atoms with Crippen molar-refractivity contribution >= 4 is 10.9 Å². The molecule has 20 heavy (non-hydrogen) atoms. The van der Waals surface area contributed by atoms with Crippen molar-refractivity contribution in [2.75, 3.05) is 0 Å². The number of fused-ring (bicyclic) bond motifs is 1. The third-order valence-corrected chi connectivity index (χ3v) is 3.37. The Labute approximate surface area is 117 Å². The predicted molar refractivity (Wildman–Crippen MR) is 78.3 cm³/mol. The van der Waals surface area contributed by atoms with Gasteiger partial charge in [0.25, 0.3) is 0 Å². The molecule has 0 radical (unpaired) electrons. The fourth-order valence-electron chi connectivity index (χ4n) is 2.25. The summed E-state index contributed by atoms with van der Waals surface area (Å²) in [4.78, 5) is 0. The largest absolute Gasteiger partial charge is 0.472 e. The van der Waals surface area contributed by atoms with Crippen molar-refractivity contribution in [3.63, 3.8) is 0 Å². The molecule has 0 saturated heterocycles. The molecule has 4 heteroatoms. The van der Waals surface area contributed by atoms with Crippen LogP contribution in [0.2, 0.25) is 0 Å². The van der Waals surface area contributed by atoms with Gasteiger partial charge in [-0.3, -0.25) is 4.68 Å². The lowest BCUT2D eigenvalue weighted by Crippen LogP contribution is -2.21. The van der Waals surface area contributed by atoms with Crippen molar-refractivity contribution in [3.8, 4) is 11.1 Å². The van der Waals surface area contributed by atoms with E-state index in [0.29, 0.717) is 13.0 Å². The lowest BCUT2D eigenvalue weighted by molar-refractivity contribution is 0.0651. The number of hydrogen-bond donors (Lipinski definition) is 1. The van der Waals surface area contributed by atoms with E-state index in [1.54, 1.807) is 12.5 Å². The minimum Gasteiger partial charge on any atom is -0.472 e. The second-order valence-electron chi connectivity index (χ2n) is 5.71. The van der Waals surface area contributed by atoms with Crippen LogP contribution in [0.4, 0.5) is 0 Å². The molecular formula is C16H18N2O2. The maximum atomic E-state index is 9.81. The lowest BCUT2D eigenvalue weighted by atomic mass is 10.1. The molecular weight excluding hydrogens is 252 g/mol. The van der Waals surface area contributed by atoms with E-state index in [1.165, 1.54) is 0 Å². The summed E-state index contributed by atoms with van der Waals surface area (Å²) in [7, 11) is 0. The molecule has 0 amide bonds. The lowest BCUT2D eigenvalue weighted by Gasteiger charge is -2.16.